The monoisotopic (exact) mass is 444 g/mol. The zero-order chi connectivity index (χ0) is 21.5. The lowest BCUT2D eigenvalue weighted by molar-refractivity contribution is -0.126. The van der Waals surface area contributed by atoms with Crippen molar-refractivity contribution in [3.63, 3.8) is 0 Å². The van der Waals surface area contributed by atoms with E-state index in [1.165, 1.54) is 11.8 Å². The number of nitrogens with zero attached hydrogens (tertiary/aromatic N) is 2. The molecule has 0 spiro atoms. The number of nitrogens with two attached hydrogens (primary N) is 1. The van der Waals surface area contributed by atoms with Crippen LogP contribution in [0, 0.1) is 5.41 Å². The summed E-state index contributed by atoms with van der Waals surface area (Å²) < 4.78 is 6.81. The van der Waals surface area contributed by atoms with Crippen molar-refractivity contribution < 1.29 is 14.3 Å². The summed E-state index contributed by atoms with van der Waals surface area (Å²) in [5, 5.41) is 5.17. The van der Waals surface area contributed by atoms with Gasteiger partial charge in [-0.25, -0.2) is 9.48 Å². The molecular formula is C20H20N4O4S2. The third-order valence-corrected chi connectivity index (χ3v) is 7.59. The minimum Gasteiger partial charge on any atom is -0.461 e. The summed E-state index contributed by atoms with van der Waals surface area (Å²) in [6.45, 7) is 3.66. The minimum absolute atomic E-state index is 0.108. The second-order valence-electron chi connectivity index (χ2n) is 7.14. The summed E-state index contributed by atoms with van der Waals surface area (Å²) in [5.74, 6) is -1.33. The maximum atomic E-state index is 12.8. The van der Waals surface area contributed by atoms with Crippen LogP contribution in [0.15, 0.2) is 46.3 Å². The van der Waals surface area contributed by atoms with Crippen molar-refractivity contribution in [3.8, 4) is 5.69 Å². The molecule has 8 nitrogen and oxygen atoms in total. The average Bonchev–Trinajstić information content (AvgIpc) is 3.32. The lowest BCUT2D eigenvalue weighted by Crippen LogP contribution is -2.44. The molecule has 0 saturated heterocycles. The first kappa shape index (κ1) is 20.4. The van der Waals surface area contributed by atoms with Gasteiger partial charge in [0.15, 0.2) is 5.69 Å². The van der Waals surface area contributed by atoms with E-state index in [9.17, 15) is 14.4 Å². The van der Waals surface area contributed by atoms with Crippen LogP contribution < -0.4 is 10.6 Å². The number of aromatic nitrogens is 3. The van der Waals surface area contributed by atoms with Crippen LogP contribution in [0.4, 0.5) is 0 Å². The van der Waals surface area contributed by atoms with Gasteiger partial charge >= 0.3 is 10.8 Å². The highest BCUT2D eigenvalue weighted by atomic mass is 32.2. The molecule has 0 unspecified atom stereocenters. The Labute approximate surface area is 180 Å². The fraction of sp³-hybridized carbons (Fsp3) is 0.300. The Morgan fingerprint density at radius 2 is 2.10 bits per heavy atom. The van der Waals surface area contributed by atoms with Gasteiger partial charge < -0.3 is 15.5 Å². The Kier molecular flexibility index (Phi) is 5.29. The number of nitrogens with one attached hydrogen (secondary N) is 1. The molecule has 0 fully saturated rings. The Hall–Kier alpha value is -2.85. The number of H-pyrrole nitrogens is 1. The van der Waals surface area contributed by atoms with Gasteiger partial charge in [0.25, 0.3) is 0 Å². The first-order valence-electron chi connectivity index (χ1n) is 9.33. The minimum atomic E-state index is -1.02. The predicted octanol–water partition coefficient (Wildman–Crippen LogP) is 2.53. The molecule has 0 radical (unpaired) electrons. The van der Waals surface area contributed by atoms with E-state index in [0.29, 0.717) is 21.2 Å². The molecule has 1 aliphatic heterocycles. The average molecular weight is 445 g/mol. The number of para-hydroxylation sites is 1. The molecule has 156 valence electrons. The maximum Gasteiger partial charge on any atom is 0.359 e. The van der Waals surface area contributed by atoms with E-state index in [-0.39, 0.29) is 17.2 Å². The van der Waals surface area contributed by atoms with Crippen LogP contribution in [0.2, 0.25) is 0 Å². The van der Waals surface area contributed by atoms with Crippen molar-refractivity contribution in [2.45, 2.75) is 24.8 Å². The topological polar surface area (TPSA) is 120 Å². The van der Waals surface area contributed by atoms with Crippen LogP contribution in [0.25, 0.3) is 5.69 Å². The normalized spacial score (nSPS) is 20.5. The molecule has 4 rings (SSSR count). The second-order valence-corrected chi connectivity index (χ2v) is 9.15. The Bertz CT molecular complexity index is 1170. The summed E-state index contributed by atoms with van der Waals surface area (Å²) in [7, 11) is 0. The van der Waals surface area contributed by atoms with Gasteiger partial charge in [0, 0.05) is 28.3 Å². The number of thioether (sulfide) groups is 1. The first-order valence-corrected chi connectivity index (χ1v) is 11.1. The molecule has 2 aromatic heterocycles. The lowest BCUT2D eigenvalue weighted by Gasteiger charge is -2.37. The number of primary amides is 1. The number of benzene rings is 1. The predicted molar refractivity (Wildman–Crippen MR) is 114 cm³/mol. The molecule has 1 aromatic carbocycles. The summed E-state index contributed by atoms with van der Waals surface area (Å²) in [6, 6.07) is 9.32. The molecule has 30 heavy (non-hydrogen) atoms. The van der Waals surface area contributed by atoms with Crippen molar-refractivity contribution >= 4 is 35.0 Å². The Morgan fingerprint density at radius 1 is 1.37 bits per heavy atom. The van der Waals surface area contributed by atoms with E-state index in [4.69, 9.17) is 10.5 Å². The highest BCUT2D eigenvalue weighted by molar-refractivity contribution is 7.99. The third-order valence-electron chi connectivity index (χ3n) is 5.16. The highest BCUT2D eigenvalue weighted by Gasteiger charge is 2.49. The van der Waals surface area contributed by atoms with Gasteiger partial charge in [0.2, 0.25) is 5.91 Å². The molecule has 0 saturated carbocycles. The largest absolute Gasteiger partial charge is 0.461 e. The van der Waals surface area contributed by atoms with Crippen LogP contribution in [-0.4, -0.2) is 39.0 Å². The Morgan fingerprint density at radius 3 is 2.77 bits per heavy atom. The van der Waals surface area contributed by atoms with Gasteiger partial charge in [-0.05, 0) is 26.0 Å². The maximum absolute atomic E-state index is 12.8. The van der Waals surface area contributed by atoms with E-state index in [2.05, 4.69) is 10.1 Å². The summed E-state index contributed by atoms with van der Waals surface area (Å²) in [5.41, 5.74) is 6.17. The highest BCUT2D eigenvalue weighted by Crippen LogP contribution is 2.52. The SMILES string of the molecule is CCOC(=O)c1nn(-c2ccccc2)cc1[C@@H]1c2sc(=O)[nH]c2SC[C@]1(C)C(N)=O. The third kappa shape index (κ3) is 3.35. The molecule has 10 heteroatoms. The van der Waals surface area contributed by atoms with Crippen molar-refractivity contribution in [3.05, 3.63) is 62.3 Å². The Balaban J connectivity index is 1.96. The van der Waals surface area contributed by atoms with Crippen LogP contribution in [0.3, 0.4) is 0 Å². The smallest absolute Gasteiger partial charge is 0.359 e. The van der Waals surface area contributed by atoms with Crippen molar-refractivity contribution in [2.24, 2.45) is 11.1 Å². The number of hydrogen-bond donors (Lipinski definition) is 2. The number of amides is 1. The number of fused-ring (bicyclic) bond motifs is 1. The molecule has 3 aromatic rings. The molecule has 1 amide bonds. The number of aromatic amines is 1. The number of hydrogen-bond acceptors (Lipinski definition) is 7. The standard InChI is InChI=1S/C20H20N4O4S2/c1-3-28-17(25)14-12(9-24(23-14)11-7-5-4-6-8-11)13-15-16(22-19(27)30-15)29-10-20(13,2)18(21)26/h4-9,13H,3,10H2,1-2H3,(H2,21,26)(H,22,27)/t13-,20+/m1/s1. The fourth-order valence-corrected chi connectivity index (χ4v) is 6.13. The quantitative estimate of drug-likeness (QED) is 0.584. The molecule has 0 bridgehead atoms. The summed E-state index contributed by atoms with van der Waals surface area (Å²) in [6.07, 6.45) is 1.72. The number of thiazole rings is 1. The molecule has 1 aliphatic rings. The van der Waals surface area contributed by atoms with Gasteiger partial charge in [0.1, 0.15) is 0 Å². The zero-order valence-corrected chi connectivity index (χ0v) is 18.0. The van der Waals surface area contributed by atoms with Crippen LogP contribution in [-0.2, 0) is 9.53 Å². The number of carbonyl (C=O) groups is 2. The fourth-order valence-electron chi connectivity index (χ4n) is 3.59. The number of esters is 1. The number of carbonyl (C=O) groups excluding carboxylic acids is 2. The van der Waals surface area contributed by atoms with Crippen LogP contribution >= 0.6 is 23.1 Å². The van der Waals surface area contributed by atoms with Gasteiger partial charge in [-0.1, -0.05) is 29.5 Å². The van der Waals surface area contributed by atoms with Gasteiger partial charge in [0.05, 0.1) is 22.7 Å². The van der Waals surface area contributed by atoms with Gasteiger partial charge in [-0.2, -0.15) is 5.10 Å². The van der Waals surface area contributed by atoms with Crippen molar-refractivity contribution in [1.82, 2.24) is 14.8 Å². The molecule has 0 aliphatic carbocycles. The van der Waals surface area contributed by atoms with E-state index in [1.54, 1.807) is 24.7 Å². The van der Waals surface area contributed by atoms with E-state index in [0.717, 1.165) is 17.0 Å². The van der Waals surface area contributed by atoms with Gasteiger partial charge in [-0.3, -0.25) is 9.59 Å². The molecule has 3 N–H and O–H groups in total. The van der Waals surface area contributed by atoms with E-state index >= 15 is 0 Å². The second kappa shape index (κ2) is 7.77. The van der Waals surface area contributed by atoms with Gasteiger partial charge in [-0.15, -0.1) is 11.8 Å². The van der Waals surface area contributed by atoms with Crippen molar-refractivity contribution in [2.75, 3.05) is 12.4 Å². The molecule has 2 atom stereocenters. The number of ether oxygens (including phenoxy) is 1. The molecule has 3 heterocycles. The van der Waals surface area contributed by atoms with Crippen LogP contribution in [0.5, 0.6) is 0 Å². The van der Waals surface area contributed by atoms with Crippen LogP contribution in [0.1, 0.15) is 40.7 Å². The number of rotatable bonds is 5. The lowest BCUT2D eigenvalue weighted by atomic mass is 9.73. The van der Waals surface area contributed by atoms with Crippen molar-refractivity contribution in [1.29, 1.82) is 0 Å². The van der Waals surface area contributed by atoms with E-state index in [1.807, 2.05) is 30.3 Å². The summed E-state index contributed by atoms with van der Waals surface area (Å²) in [4.78, 5) is 40.7. The zero-order valence-electron chi connectivity index (χ0n) is 16.4. The van der Waals surface area contributed by atoms with E-state index < -0.39 is 23.2 Å². The first-order chi connectivity index (χ1) is 14.3. The summed E-state index contributed by atoms with van der Waals surface area (Å²) >= 11 is 2.40. The molecular weight excluding hydrogens is 424 g/mol.